The minimum Gasteiger partial charge on any atom is -0.396 e. The first kappa shape index (κ1) is 12.6. The standard InChI is InChI=1S/C11H11F2NO2/c12-9-4-1-3-8(11(9)13)10(7-14)16-6-2-5-15/h1,3-4,10,15H,2,5-6H2. The van der Waals surface area contributed by atoms with E-state index in [1.165, 1.54) is 12.1 Å². The zero-order valence-corrected chi connectivity index (χ0v) is 8.49. The topological polar surface area (TPSA) is 53.2 Å². The Kier molecular flexibility index (Phi) is 4.83. The summed E-state index contributed by atoms with van der Waals surface area (Å²) in [5, 5.41) is 17.3. The molecule has 1 rings (SSSR count). The van der Waals surface area contributed by atoms with Crippen molar-refractivity contribution in [2.75, 3.05) is 13.2 Å². The Morgan fingerprint density at radius 3 is 2.81 bits per heavy atom. The Morgan fingerprint density at radius 1 is 1.44 bits per heavy atom. The molecule has 0 amide bonds. The lowest BCUT2D eigenvalue weighted by molar-refractivity contribution is 0.0748. The molecule has 0 bridgehead atoms. The van der Waals surface area contributed by atoms with E-state index in [9.17, 15) is 8.78 Å². The van der Waals surface area contributed by atoms with Gasteiger partial charge in [-0.2, -0.15) is 5.26 Å². The third kappa shape index (κ3) is 2.99. The molecule has 0 spiro atoms. The van der Waals surface area contributed by atoms with Gasteiger partial charge in [0.2, 0.25) is 0 Å². The molecule has 1 unspecified atom stereocenters. The normalized spacial score (nSPS) is 12.1. The fraction of sp³-hybridized carbons (Fsp3) is 0.364. The number of ether oxygens (including phenoxy) is 1. The van der Waals surface area contributed by atoms with Crippen LogP contribution >= 0.6 is 0 Å². The van der Waals surface area contributed by atoms with Crippen LogP contribution in [0.4, 0.5) is 8.78 Å². The van der Waals surface area contributed by atoms with Crippen molar-refractivity contribution >= 4 is 0 Å². The third-order valence-electron chi connectivity index (χ3n) is 1.97. The van der Waals surface area contributed by atoms with Crippen molar-refractivity contribution in [3.05, 3.63) is 35.4 Å². The maximum absolute atomic E-state index is 13.3. The molecule has 3 nitrogen and oxygen atoms in total. The van der Waals surface area contributed by atoms with Crippen LogP contribution in [-0.4, -0.2) is 18.3 Å². The Labute approximate surface area is 91.9 Å². The van der Waals surface area contributed by atoms with Crippen LogP contribution in [-0.2, 0) is 4.74 Å². The Hall–Kier alpha value is -1.51. The Morgan fingerprint density at radius 2 is 2.19 bits per heavy atom. The average Bonchev–Trinajstić information content (AvgIpc) is 2.29. The maximum Gasteiger partial charge on any atom is 0.171 e. The van der Waals surface area contributed by atoms with E-state index >= 15 is 0 Å². The van der Waals surface area contributed by atoms with E-state index < -0.39 is 17.7 Å². The summed E-state index contributed by atoms with van der Waals surface area (Å²) in [4.78, 5) is 0. The van der Waals surface area contributed by atoms with Crippen molar-refractivity contribution in [1.29, 1.82) is 5.26 Å². The lowest BCUT2D eigenvalue weighted by Crippen LogP contribution is -2.07. The molecule has 0 heterocycles. The Balaban J connectivity index is 2.80. The number of aliphatic hydroxyl groups is 1. The number of hydrogen-bond donors (Lipinski definition) is 1. The maximum atomic E-state index is 13.3. The van der Waals surface area contributed by atoms with Gasteiger partial charge in [0, 0.05) is 12.2 Å². The predicted octanol–water partition coefficient (Wildman–Crippen LogP) is 1.93. The molecular formula is C11H11F2NO2. The van der Waals surface area contributed by atoms with E-state index in [-0.39, 0.29) is 18.8 Å². The first-order chi connectivity index (χ1) is 7.70. The minimum atomic E-state index is -1.15. The van der Waals surface area contributed by atoms with Crippen LogP contribution in [0.1, 0.15) is 18.1 Å². The van der Waals surface area contributed by atoms with Gasteiger partial charge in [-0.05, 0) is 12.5 Å². The van der Waals surface area contributed by atoms with E-state index in [0.29, 0.717) is 6.42 Å². The molecule has 0 aromatic heterocycles. The number of nitriles is 1. The molecular weight excluding hydrogens is 216 g/mol. The van der Waals surface area contributed by atoms with Gasteiger partial charge in [-0.1, -0.05) is 12.1 Å². The van der Waals surface area contributed by atoms with Gasteiger partial charge in [0.25, 0.3) is 0 Å². The highest BCUT2D eigenvalue weighted by Crippen LogP contribution is 2.21. The molecule has 1 atom stereocenters. The molecule has 0 aliphatic heterocycles. The highest BCUT2D eigenvalue weighted by molar-refractivity contribution is 5.25. The van der Waals surface area contributed by atoms with Crippen LogP contribution in [0.5, 0.6) is 0 Å². The Bertz CT molecular complexity index is 390. The van der Waals surface area contributed by atoms with Crippen LogP contribution in [0.2, 0.25) is 0 Å². The van der Waals surface area contributed by atoms with E-state index in [1.807, 2.05) is 0 Å². The minimum absolute atomic E-state index is 0.0796. The smallest absolute Gasteiger partial charge is 0.171 e. The molecule has 0 aliphatic rings. The van der Waals surface area contributed by atoms with E-state index in [1.54, 1.807) is 6.07 Å². The fourth-order valence-electron chi connectivity index (χ4n) is 1.19. The first-order valence-corrected chi connectivity index (χ1v) is 4.76. The largest absolute Gasteiger partial charge is 0.396 e. The van der Waals surface area contributed by atoms with E-state index in [2.05, 4.69) is 0 Å². The summed E-state index contributed by atoms with van der Waals surface area (Å²) >= 11 is 0. The van der Waals surface area contributed by atoms with Crippen LogP contribution in [0, 0.1) is 23.0 Å². The quantitative estimate of drug-likeness (QED) is 0.782. The highest BCUT2D eigenvalue weighted by Gasteiger charge is 2.17. The fourth-order valence-corrected chi connectivity index (χ4v) is 1.19. The zero-order valence-electron chi connectivity index (χ0n) is 8.49. The molecule has 86 valence electrons. The molecule has 1 aromatic carbocycles. The zero-order chi connectivity index (χ0) is 12.0. The second-order valence-corrected chi connectivity index (χ2v) is 3.10. The monoisotopic (exact) mass is 227 g/mol. The van der Waals surface area contributed by atoms with Crippen LogP contribution in [0.15, 0.2) is 18.2 Å². The molecule has 5 heteroatoms. The van der Waals surface area contributed by atoms with Crippen LogP contribution in [0.25, 0.3) is 0 Å². The lowest BCUT2D eigenvalue weighted by atomic mass is 10.1. The van der Waals surface area contributed by atoms with Crippen molar-refractivity contribution in [3.63, 3.8) is 0 Å². The molecule has 0 fully saturated rings. The van der Waals surface area contributed by atoms with Crippen LogP contribution in [0.3, 0.4) is 0 Å². The summed E-state index contributed by atoms with van der Waals surface area (Å²) in [5.41, 5.74) is -0.125. The van der Waals surface area contributed by atoms with Gasteiger partial charge in [-0.25, -0.2) is 8.78 Å². The van der Waals surface area contributed by atoms with E-state index in [4.69, 9.17) is 15.1 Å². The number of halogens is 2. The third-order valence-corrected chi connectivity index (χ3v) is 1.97. The summed E-state index contributed by atoms with van der Waals surface area (Å²) in [6.45, 7) is 0.0362. The van der Waals surface area contributed by atoms with Crippen molar-refractivity contribution in [1.82, 2.24) is 0 Å². The lowest BCUT2D eigenvalue weighted by Gasteiger charge is -2.11. The van der Waals surface area contributed by atoms with Crippen molar-refractivity contribution in [3.8, 4) is 6.07 Å². The highest BCUT2D eigenvalue weighted by atomic mass is 19.2. The van der Waals surface area contributed by atoms with Crippen LogP contribution < -0.4 is 0 Å². The van der Waals surface area contributed by atoms with Gasteiger partial charge >= 0.3 is 0 Å². The van der Waals surface area contributed by atoms with Gasteiger partial charge in [0.15, 0.2) is 17.7 Å². The van der Waals surface area contributed by atoms with Gasteiger partial charge in [0.05, 0.1) is 12.7 Å². The second kappa shape index (κ2) is 6.16. The summed E-state index contributed by atoms with van der Waals surface area (Å²) in [7, 11) is 0. The molecule has 16 heavy (non-hydrogen) atoms. The molecule has 0 saturated carbocycles. The predicted molar refractivity (Wildman–Crippen MR) is 52.4 cm³/mol. The van der Waals surface area contributed by atoms with Gasteiger partial charge < -0.3 is 9.84 Å². The van der Waals surface area contributed by atoms with Crippen molar-refractivity contribution < 1.29 is 18.6 Å². The molecule has 0 aliphatic carbocycles. The first-order valence-electron chi connectivity index (χ1n) is 4.76. The number of hydrogen-bond acceptors (Lipinski definition) is 3. The second-order valence-electron chi connectivity index (χ2n) is 3.10. The number of benzene rings is 1. The SMILES string of the molecule is N#CC(OCCCO)c1cccc(F)c1F. The average molecular weight is 227 g/mol. The van der Waals surface area contributed by atoms with Crippen molar-refractivity contribution in [2.45, 2.75) is 12.5 Å². The number of nitrogens with zero attached hydrogens (tertiary/aromatic N) is 1. The van der Waals surface area contributed by atoms with Crippen molar-refractivity contribution in [2.24, 2.45) is 0 Å². The van der Waals surface area contributed by atoms with Gasteiger partial charge in [0.1, 0.15) is 0 Å². The summed E-state index contributed by atoms with van der Waals surface area (Å²) in [6.07, 6.45) is -0.808. The number of aliphatic hydroxyl groups excluding tert-OH is 1. The summed E-state index contributed by atoms with van der Waals surface area (Å²) < 4.78 is 31.2. The molecule has 0 radical (unpaired) electrons. The molecule has 1 aromatic rings. The van der Waals surface area contributed by atoms with Gasteiger partial charge in [-0.15, -0.1) is 0 Å². The number of rotatable bonds is 5. The molecule has 1 N–H and O–H groups in total. The molecule has 0 saturated heterocycles. The summed E-state index contributed by atoms with van der Waals surface area (Å²) in [6, 6.07) is 5.32. The van der Waals surface area contributed by atoms with Gasteiger partial charge in [-0.3, -0.25) is 0 Å². The summed E-state index contributed by atoms with van der Waals surface area (Å²) in [5.74, 6) is -2.08. The van der Waals surface area contributed by atoms with E-state index in [0.717, 1.165) is 6.07 Å².